The molecule has 0 amide bonds. The summed E-state index contributed by atoms with van der Waals surface area (Å²) in [6.45, 7) is 0. The number of rotatable bonds is 1. The first-order valence-corrected chi connectivity index (χ1v) is 5.38. The van der Waals surface area contributed by atoms with E-state index >= 15 is 0 Å². The average molecular weight is 269 g/mol. The number of hydrogen-bond acceptors (Lipinski definition) is 5. The third-order valence-electron chi connectivity index (χ3n) is 1.13. The van der Waals surface area contributed by atoms with Crippen molar-refractivity contribution in [3.63, 3.8) is 0 Å². The van der Waals surface area contributed by atoms with E-state index in [-0.39, 0.29) is 5.50 Å². The van der Waals surface area contributed by atoms with E-state index in [0.717, 1.165) is 3.84 Å². The number of hydrazone groups is 1. The third-order valence-corrected chi connectivity index (χ3v) is 3.05. The molecule has 56 valence electrons. The van der Waals surface area contributed by atoms with Gasteiger partial charge in [-0.15, -0.1) is 0 Å². The molecule has 1 aliphatic heterocycles. The van der Waals surface area contributed by atoms with Crippen LogP contribution in [0.4, 0.5) is 0 Å². The van der Waals surface area contributed by atoms with Gasteiger partial charge in [0.1, 0.15) is 0 Å². The molecule has 1 aliphatic rings. The van der Waals surface area contributed by atoms with Gasteiger partial charge in [0.2, 0.25) is 0 Å². The number of nitrogens with two attached hydrogens (primary N) is 1. The zero-order chi connectivity index (χ0) is 7.72. The van der Waals surface area contributed by atoms with Gasteiger partial charge >= 0.3 is 76.7 Å². The molecule has 10 heavy (non-hydrogen) atoms. The summed E-state index contributed by atoms with van der Waals surface area (Å²) in [6, 6.07) is 0. The Morgan fingerprint density at radius 2 is 2.50 bits per heavy atom. The van der Waals surface area contributed by atoms with Gasteiger partial charge in [-0.25, -0.2) is 0 Å². The van der Waals surface area contributed by atoms with Gasteiger partial charge in [-0.1, -0.05) is 0 Å². The Labute approximate surface area is 76.6 Å². The molecule has 1 heterocycles. The second-order valence-corrected chi connectivity index (χ2v) is 3.86. The van der Waals surface area contributed by atoms with Crippen molar-refractivity contribution < 1.29 is 21.0 Å². The van der Waals surface area contributed by atoms with Gasteiger partial charge in [-0.05, 0) is 0 Å². The zero-order valence-corrected chi connectivity index (χ0v) is 8.45. The molecule has 0 aromatic rings. The third kappa shape index (κ3) is 1.35. The first-order chi connectivity index (χ1) is 4.66. The summed E-state index contributed by atoms with van der Waals surface area (Å²) in [6.07, 6.45) is 0. The van der Waals surface area contributed by atoms with Crippen LogP contribution in [-0.4, -0.2) is 32.1 Å². The molecule has 0 saturated heterocycles. The second kappa shape index (κ2) is 3.18. The van der Waals surface area contributed by atoms with Crippen molar-refractivity contribution in [1.29, 1.82) is 0 Å². The number of hydrogen-bond donors (Lipinski definition) is 2. The first kappa shape index (κ1) is 8.47. The van der Waals surface area contributed by atoms with Crippen LogP contribution >= 0.6 is 12.6 Å². The number of thiol groups is 1. The Kier molecular flexibility index (Phi) is 2.70. The summed E-state index contributed by atoms with van der Waals surface area (Å²) in [7, 11) is 1.81. The molecular formula is C3H7BIN4S-. The molecule has 2 radical (unpaired) electrons. The molecule has 0 aromatic carbocycles. The monoisotopic (exact) mass is 269 g/mol. The second-order valence-electron chi connectivity index (χ2n) is 1.81. The minimum absolute atomic E-state index is 0.154. The molecule has 0 aromatic heterocycles. The van der Waals surface area contributed by atoms with Crippen molar-refractivity contribution in [2.75, 3.05) is 7.05 Å². The predicted octanol–water partition coefficient (Wildman–Crippen LogP) is -4.24. The van der Waals surface area contributed by atoms with Gasteiger partial charge in [0.25, 0.3) is 0 Å². The number of amidine groups is 1. The van der Waals surface area contributed by atoms with Crippen LogP contribution in [0, 0.1) is 0 Å². The maximum atomic E-state index is 5.56. The summed E-state index contributed by atoms with van der Waals surface area (Å²) in [5.74, 6) is 5.56. The summed E-state index contributed by atoms with van der Waals surface area (Å²) in [5.41, 5.74) is 5.29. The van der Waals surface area contributed by atoms with Crippen LogP contribution in [0.2, 0.25) is 0 Å². The number of nitrogens with zero attached hydrogens (tertiary/aromatic N) is 3. The van der Waals surface area contributed by atoms with E-state index in [4.69, 9.17) is 11.5 Å². The molecule has 0 spiro atoms. The molecule has 1 atom stereocenters. The van der Waals surface area contributed by atoms with Crippen molar-refractivity contribution >= 4 is 22.2 Å². The minimum atomic E-state index is -0.530. The summed E-state index contributed by atoms with van der Waals surface area (Å²) in [4.78, 5) is 0. The van der Waals surface area contributed by atoms with Crippen LogP contribution in [0.1, 0.15) is 0 Å². The Morgan fingerprint density at radius 1 is 1.90 bits per heavy atom. The Balaban J connectivity index is 2.68. The van der Waals surface area contributed by atoms with E-state index < -0.39 is 21.0 Å². The fraction of sp³-hybridized carbons (Fsp3) is 0.667. The van der Waals surface area contributed by atoms with Gasteiger partial charge in [-0.3, -0.25) is 0 Å². The van der Waals surface area contributed by atoms with Gasteiger partial charge in [0.05, 0.1) is 0 Å². The normalized spacial score (nSPS) is 25.9. The predicted molar refractivity (Wildman–Crippen MR) is 39.8 cm³/mol. The molecule has 1 rings (SSSR count). The van der Waals surface area contributed by atoms with Gasteiger partial charge in [-0.2, -0.15) is 0 Å². The van der Waals surface area contributed by atoms with E-state index in [2.05, 4.69) is 17.7 Å². The Morgan fingerprint density at radius 3 is 2.70 bits per heavy atom. The van der Waals surface area contributed by atoms with Crippen LogP contribution in [0.25, 0.3) is 0 Å². The van der Waals surface area contributed by atoms with E-state index in [9.17, 15) is 0 Å². The van der Waals surface area contributed by atoms with E-state index in [0.29, 0.717) is 0 Å². The molecule has 0 bridgehead atoms. The van der Waals surface area contributed by atoms with Crippen LogP contribution < -0.4 is 26.8 Å². The van der Waals surface area contributed by atoms with Gasteiger partial charge < -0.3 is 0 Å². The first-order valence-electron chi connectivity index (χ1n) is 2.53. The SMILES string of the molecule is [B][I-]C1=NN(C)C(S)N1N. The molecular weight excluding hydrogens is 262 g/mol. The maximum absolute atomic E-state index is 5.56. The van der Waals surface area contributed by atoms with Crippen molar-refractivity contribution in [3.8, 4) is 0 Å². The standard InChI is InChI=1S/C3H7BIN4S/c1-8-3(10)9(6)2(5-4)7-8/h3,10H,6H2,1H3/q-1. The van der Waals surface area contributed by atoms with Crippen LogP contribution in [0.15, 0.2) is 5.10 Å². The molecule has 0 saturated carbocycles. The number of hydrazine groups is 1. The van der Waals surface area contributed by atoms with Gasteiger partial charge in [0, 0.05) is 0 Å². The van der Waals surface area contributed by atoms with Gasteiger partial charge in [0.15, 0.2) is 0 Å². The molecule has 2 N–H and O–H groups in total. The van der Waals surface area contributed by atoms with E-state index in [1.807, 2.05) is 7.05 Å². The summed E-state index contributed by atoms with van der Waals surface area (Å²) < 4.78 is 0.765. The van der Waals surface area contributed by atoms with E-state index in [1.165, 1.54) is 5.01 Å². The van der Waals surface area contributed by atoms with Crippen molar-refractivity contribution in [3.05, 3.63) is 0 Å². The van der Waals surface area contributed by atoms with Crippen LogP contribution in [0.5, 0.6) is 0 Å². The average Bonchev–Trinajstić information content (AvgIpc) is 2.17. The fourth-order valence-corrected chi connectivity index (χ4v) is 2.02. The van der Waals surface area contributed by atoms with Crippen molar-refractivity contribution in [2.45, 2.75) is 5.50 Å². The number of halogens is 1. The molecule has 0 aliphatic carbocycles. The van der Waals surface area contributed by atoms with E-state index in [1.54, 1.807) is 5.01 Å². The van der Waals surface area contributed by atoms with Crippen LogP contribution in [-0.2, 0) is 0 Å². The zero-order valence-electron chi connectivity index (χ0n) is 5.40. The molecule has 0 fully saturated rings. The summed E-state index contributed by atoms with van der Waals surface area (Å²) >= 11 is 3.64. The fourth-order valence-electron chi connectivity index (χ4n) is 0.587. The Bertz CT molecular complexity index is 165. The van der Waals surface area contributed by atoms with Crippen LogP contribution in [0.3, 0.4) is 0 Å². The quantitative estimate of drug-likeness (QED) is 0.167. The van der Waals surface area contributed by atoms with Crippen molar-refractivity contribution in [1.82, 2.24) is 10.0 Å². The summed E-state index contributed by atoms with van der Waals surface area (Å²) in [5, 5.41) is 7.22. The molecule has 4 nitrogen and oxygen atoms in total. The molecule has 7 heteroatoms. The molecule has 1 unspecified atom stereocenters. The topological polar surface area (TPSA) is 44.9 Å². The Hall–Kier alpha value is 0.375. The van der Waals surface area contributed by atoms with Crippen molar-refractivity contribution in [2.24, 2.45) is 10.9 Å².